The number of nitrogens with zero attached hydrogens (tertiary/aromatic N) is 2. The van der Waals surface area contributed by atoms with E-state index in [0.29, 0.717) is 40.0 Å². The Balaban J connectivity index is 1.49. The van der Waals surface area contributed by atoms with Crippen molar-refractivity contribution in [1.29, 1.82) is 0 Å². The van der Waals surface area contributed by atoms with Crippen molar-refractivity contribution < 1.29 is 14.3 Å². The van der Waals surface area contributed by atoms with E-state index in [2.05, 4.69) is 5.32 Å². The minimum Gasteiger partial charge on any atom is -0.497 e. The number of methoxy groups -OCH3 is 1. The number of carbonyl (C=O) groups is 1. The van der Waals surface area contributed by atoms with E-state index in [9.17, 15) is 9.59 Å². The Hall–Kier alpha value is -3.30. The lowest BCUT2D eigenvalue weighted by molar-refractivity contribution is -0.113. The third kappa shape index (κ3) is 4.66. The molecule has 0 saturated carbocycles. The fourth-order valence-corrected chi connectivity index (χ4v) is 6.38. The summed E-state index contributed by atoms with van der Waals surface area (Å²) in [6, 6.07) is 14.7. The number of hydrogen-bond acceptors (Lipinski definition) is 7. The Kier molecular flexibility index (Phi) is 6.79. The maximum absolute atomic E-state index is 13.8. The van der Waals surface area contributed by atoms with E-state index in [1.807, 2.05) is 49.4 Å². The zero-order valence-electron chi connectivity index (χ0n) is 19.5. The van der Waals surface area contributed by atoms with Crippen molar-refractivity contribution >= 4 is 44.9 Å². The number of thioether (sulfide) groups is 1. The lowest BCUT2D eigenvalue weighted by atomic mass is 10.2. The molecule has 0 spiro atoms. The van der Waals surface area contributed by atoms with Crippen molar-refractivity contribution in [2.24, 2.45) is 0 Å². The summed E-state index contributed by atoms with van der Waals surface area (Å²) in [7, 11) is 1.59. The zero-order chi connectivity index (χ0) is 24.4. The van der Waals surface area contributed by atoms with Crippen molar-refractivity contribution in [3.63, 3.8) is 0 Å². The van der Waals surface area contributed by atoms with Gasteiger partial charge < -0.3 is 14.8 Å². The molecule has 1 aliphatic rings. The lowest BCUT2D eigenvalue weighted by Crippen LogP contribution is -2.23. The highest BCUT2D eigenvalue weighted by Crippen LogP contribution is 2.36. The SMILES string of the molecule is CCOc1ccccc1NC(=O)CSc1nc2sc3c(c2c(=O)n1-c1cccc(OC)c1)CCC3. The number of fused-ring (bicyclic) bond motifs is 3. The molecule has 7 nitrogen and oxygen atoms in total. The standard InChI is InChI=1S/C26H25N3O4S2/c1-3-33-20-12-5-4-11-19(20)27-22(30)15-34-26-28-24-23(18-10-7-13-21(18)35-24)25(31)29(26)16-8-6-9-17(14-16)32-2/h4-6,8-9,11-12,14H,3,7,10,13,15H2,1-2H3,(H,27,30). The Bertz CT molecular complexity index is 1460. The van der Waals surface area contributed by atoms with Gasteiger partial charge in [0.2, 0.25) is 5.91 Å². The van der Waals surface area contributed by atoms with Crippen LogP contribution in [0.2, 0.25) is 0 Å². The van der Waals surface area contributed by atoms with E-state index in [0.717, 1.165) is 29.7 Å². The second-order valence-electron chi connectivity index (χ2n) is 8.04. The van der Waals surface area contributed by atoms with E-state index in [4.69, 9.17) is 14.5 Å². The molecule has 2 heterocycles. The highest BCUT2D eigenvalue weighted by molar-refractivity contribution is 7.99. The van der Waals surface area contributed by atoms with Gasteiger partial charge in [0.05, 0.1) is 36.2 Å². The summed E-state index contributed by atoms with van der Waals surface area (Å²) in [6.45, 7) is 2.40. The van der Waals surface area contributed by atoms with Crippen LogP contribution in [0.1, 0.15) is 23.8 Å². The fourth-order valence-electron chi connectivity index (χ4n) is 4.27. The van der Waals surface area contributed by atoms with Crippen LogP contribution in [-0.4, -0.2) is 34.9 Å². The van der Waals surface area contributed by atoms with Crippen LogP contribution in [0.3, 0.4) is 0 Å². The molecule has 1 amide bonds. The summed E-state index contributed by atoms with van der Waals surface area (Å²) >= 11 is 2.83. The van der Waals surface area contributed by atoms with Crippen LogP contribution in [0.25, 0.3) is 15.9 Å². The van der Waals surface area contributed by atoms with Gasteiger partial charge in [0.15, 0.2) is 5.16 Å². The second kappa shape index (κ2) is 10.1. The van der Waals surface area contributed by atoms with Crippen LogP contribution in [0.5, 0.6) is 11.5 Å². The number of aromatic nitrogens is 2. The molecule has 2 aromatic carbocycles. The second-order valence-corrected chi connectivity index (χ2v) is 10.1. The molecule has 35 heavy (non-hydrogen) atoms. The van der Waals surface area contributed by atoms with Crippen LogP contribution >= 0.6 is 23.1 Å². The van der Waals surface area contributed by atoms with Crippen molar-refractivity contribution in [3.8, 4) is 17.2 Å². The number of thiophene rings is 1. The Morgan fingerprint density at radius 1 is 1.20 bits per heavy atom. The van der Waals surface area contributed by atoms with Gasteiger partial charge in [-0.25, -0.2) is 4.98 Å². The molecule has 180 valence electrons. The number of rotatable bonds is 8. The van der Waals surface area contributed by atoms with Gasteiger partial charge in [-0.05, 0) is 56.0 Å². The summed E-state index contributed by atoms with van der Waals surface area (Å²) in [4.78, 5) is 33.5. The minimum atomic E-state index is -0.206. The highest BCUT2D eigenvalue weighted by atomic mass is 32.2. The predicted octanol–water partition coefficient (Wildman–Crippen LogP) is 5.07. The number of nitrogens with one attached hydrogen (secondary N) is 1. The van der Waals surface area contributed by atoms with Gasteiger partial charge in [-0.1, -0.05) is 30.0 Å². The van der Waals surface area contributed by atoms with E-state index >= 15 is 0 Å². The largest absolute Gasteiger partial charge is 0.497 e. The van der Waals surface area contributed by atoms with Gasteiger partial charge in [-0.3, -0.25) is 14.2 Å². The summed E-state index contributed by atoms with van der Waals surface area (Å²) in [5, 5.41) is 4.08. The average Bonchev–Trinajstić information content (AvgIpc) is 3.45. The highest BCUT2D eigenvalue weighted by Gasteiger charge is 2.24. The smallest absolute Gasteiger partial charge is 0.267 e. The summed E-state index contributed by atoms with van der Waals surface area (Å²) in [5.74, 6) is 1.15. The van der Waals surface area contributed by atoms with Gasteiger partial charge in [0.1, 0.15) is 16.3 Å². The third-order valence-electron chi connectivity index (χ3n) is 5.81. The van der Waals surface area contributed by atoms with Crippen molar-refractivity contribution in [3.05, 3.63) is 69.3 Å². The van der Waals surface area contributed by atoms with Gasteiger partial charge >= 0.3 is 0 Å². The van der Waals surface area contributed by atoms with Gasteiger partial charge in [-0.2, -0.15) is 0 Å². The monoisotopic (exact) mass is 507 g/mol. The number of para-hydroxylation sites is 2. The molecular formula is C26H25N3O4S2. The van der Waals surface area contributed by atoms with E-state index in [1.165, 1.54) is 16.6 Å². The number of benzene rings is 2. The van der Waals surface area contributed by atoms with Crippen LogP contribution in [-0.2, 0) is 17.6 Å². The molecule has 0 radical (unpaired) electrons. The number of amides is 1. The molecule has 0 aliphatic heterocycles. The maximum Gasteiger partial charge on any atom is 0.267 e. The van der Waals surface area contributed by atoms with E-state index < -0.39 is 0 Å². The molecule has 0 unspecified atom stereocenters. The van der Waals surface area contributed by atoms with Crippen molar-refractivity contribution in [2.45, 2.75) is 31.3 Å². The first-order valence-electron chi connectivity index (χ1n) is 11.4. The molecule has 0 bridgehead atoms. The maximum atomic E-state index is 13.8. The Labute approximate surface area is 211 Å². The van der Waals surface area contributed by atoms with Crippen LogP contribution in [0, 0.1) is 0 Å². The predicted molar refractivity (Wildman–Crippen MR) is 141 cm³/mol. The molecule has 1 N–H and O–H groups in total. The number of ether oxygens (including phenoxy) is 2. The van der Waals surface area contributed by atoms with E-state index in [-0.39, 0.29) is 17.2 Å². The van der Waals surface area contributed by atoms with Gasteiger partial charge in [-0.15, -0.1) is 11.3 Å². The average molecular weight is 508 g/mol. The first kappa shape index (κ1) is 23.4. The number of anilines is 1. The Morgan fingerprint density at radius 2 is 2.06 bits per heavy atom. The molecule has 0 saturated heterocycles. The fraction of sp³-hybridized carbons (Fsp3) is 0.269. The van der Waals surface area contributed by atoms with Crippen LogP contribution in [0.4, 0.5) is 5.69 Å². The minimum absolute atomic E-state index is 0.0907. The van der Waals surface area contributed by atoms with Crippen molar-refractivity contribution in [2.75, 3.05) is 24.8 Å². The molecule has 0 fully saturated rings. The quantitative estimate of drug-likeness (QED) is 0.265. The normalized spacial score (nSPS) is 12.5. The third-order valence-corrected chi connectivity index (χ3v) is 7.94. The number of aryl methyl sites for hydroxylation is 2. The molecule has 9 heteroatoms. The summed E-state index contributed by atoms with van der Waals surface area (Å²) in [6.07, 6.45) is 2.95. The number of hydrogen-bond donors (Lipinski definition) is 1. The molecule has 0 atom stereocenters. The number of carbonyl (C=O) groups excluding carboxylic acids is 1. The summed E-state index contributed by atoms with van der Waals surface area (Å²) in [5.41, 5.74) is 2.29. The summed E-state index contributed by atoms with van der Waals surface area (Å²) < 4.78 is 12.6. The Morgan fingerprint density at radius 3 is 2.89 bits per heavy atom. The molecule has 2 aromatic heterocycles. The van der Waals surface area contributed by atoms with Gasteiger partial charge in [0.25, 0.3) is 5.56 Å². The topological polar surface area (TPSA) is 82.5 Å². The van der Waals surface area contributed by atoms with Crippen molar-refractivity contribution in [1.82, 2.24) is 9.55 Å². The lowest BCUT2D eigenvalue weighted by Gasteiger charge is -2.14. The van der Waals surface area contributed by atoms with E-state index in [1.54, 1.807) is 29.1 Å². The van der Waals surface area contributed by atoms with Gasteiger partial charge in [0, 0.05) is 10.9 Å². The van der Waals surface area contributed by atoms with Crippen LogP contribution < -0.4 is 20.3 Å². The first-order chi connectivity index (χ1) is 17.1. The molecule has 1 aliphatic carbocycles. The first-order valence-corrected chi connectivity index (χ1v) is 13.3. The van der Waals surface area contributed by atoms with Crippen LogP contribution in [0.15, 0.2) is 58.5 Å². The molecule has 4 aromatic rings. The molecular weight excluding hydrogens is 482 g/mol. The zero-order valence-corrected chi connectivity index (χ0v) is 21.1. The molecule has 5 rings (SSSR count).